The van der Waals surface area contributed by atoms with E-state index in [4.69, 9.17) is 14.6 Å². The molecule has 6 heteroatoms. The van der Waals surface area contributed by atoms with Crippen LogP contribution in [0.2, 0.25) is 0 Å². The fourth-order valence-electron chi connectivity index (χ4n) is 2.54. The van der Waals surface area contributed by atoms with Gasteiger partial charge in [-0.3, -0.25) is 0 Å². The van der Waals surface area contributed by atoms with Gasteiger partial charge in [-0.25, -0.2) is 0 Å². The zero-order valence-corrected chi connectivity index (χ0v) is 11.7. The van der Waals surface area contributed by atoms with Crippen LogP contribution in [0.15, 0.2) is 42.5 Å². The summed E-state index contributed by atoms with van der Waals surface area (Å²) in [6.45, 7) is -0.484. The molecule has 1 heterocycles. The lowest BCUT2D eigenvalue weighted by Crippen LogP contribution is -2.60. The van der Waals surface area contributed by atoms with E-state index < -0.39 is 37.3 Å². The molecule has 0 amide bonds. The maximum absolute atomic E-state index is 9.95. The molecule has 0 aromatic heterocycles. The van der Waals surface area contributed by atoms with E-state index in [1.54, 1.807) is 12.1 Å². The first-order valence-corrected chi connectivity index (χ1v) is 7.06. The highest BCUT2D eigenvalue weighted by Gasteiger charge is 2.44. The largest absolute Gasteiger partial charge is 0.462 e. The second kappa shape index (κ2) is 6.20. The maximum Gasteiger partial charge on any atom is 0.229 e. The number of aliphatic hydroxyl groups excluding tert-OH is 4. The van der Waals surface area contributed by atoms with Gasteiger partial charge in [0.25, 0.3) is 0 Å². The van der Waals surface area contributed by atoms with Gasteiger partial charge in [-0.1, -0.05) is 30.3 Å². The minimum atomic E-state index is -1.45. The van der Waals surface area contributed by atoms with E-state index in [0.717, 1.165) is 10.8 Å². The fraction of sp³-hybridized carbons (Fsp3) is 0.375. The van der Waals surface area contributed by atoms with Gasteiger partial charge in [0, 0.05) is 0 Å². The molecule has 2 aromatic carbocycles. The van der Waals surface area contributed by atoms with E-state index >= 15 is 0 Å². The highest BCUT2D eigenvalue weighted by Crippen LogP contribution is 2.26. The molecule has 1 aliphatic rings. The van der Waals surface area contributed by atoms with Gasteiger partial charge in [-0.2, -0.15) is 0 Å². The van der Waals surface area contributed by atoms with Crippen molar-refractivity contribution in [3.8, 4) is 5.75 Å². The molecule has 0 saturated carbocycles. The van der Waals surface area contributed by atoms with Crippen LogP contribution >= 0.6 is 0 Å². The Bertz CT molecular complexity index is 643. The Balaban J connectivity index is 1.80. The van der Waals surface area contributed by atoms with Crippen LogP contribution in [-0.2, 0) is 4.74 Å². The van der Waals surface area contributed by atoms with Gasteiger partial charge in [-0.15, -0.1) is 0 Å². The summed E-state index contributed by atoms with van der Waals surface area (Å²) in [5.74, 6) is 0.461. The predicted molar refractivity (Wildman–Crippen MR) is 78.3 cm³/mol. The summed E-state index contributed by atoms with van der Waals surface area (Å²) >= 11 is 0. The highest BCUT2D eigenvalue weighted by molar-refractivity contribution is 5.83. The standard InChI is InChI=1S/C16H18O6/c17-8-12-13(18)14(19)15(20)16(22-12)21-11-6-5-9-3-1-2-4-10(9)7-11/h1-7,12-20H,8H2/t12?,13?,14-,15?,16-/m1/s1. The number of fused-ring (bicyclic) bond motifs is 1. The van der Waals surface area contributed by atoms with Crippen molar-refractivity contribution in [1.29, 1.82) is 0 Å². The zero-order chi connectivity index (χ0) is 15.7. The minimum absolute atomic E-state index is 0.461. The Labute approximate surface area is 127 Å². The van der Waals surface area contributed by atoms with Gasteiger partial charge >= 0.3 is 0 Å². The molecule has 0 bridgehead atoms. The molecule has 6 nitrogen and oxygen atoms in total. The third kappa shape index (κ3) is 2.79. The summed E-state index contributed by atoms with van der Waals surface area (Å²) in [4.78, 5) is 0. The topological polar surface area (TPSA) is 99.4 Å². The van der Waals surface area contributed by atoms with Gasteiger partial charge in [0.1, 0.15) is 30.2 Å². The average Bonchev–Trinajstić information content (AvgIpc) is 2.55. The molecule has 4 N–H and O–H groups in total. The lowest BCUT2D eigenvalue weighted by Gasteiger charge is -2.39. The average molecular weight is 306 g/mol. The molecule has 5 atom stereocenters. The Morgan fingerprint density at radius 2 is 1.64 bits per heavy atom. The molecule has 0 radical (unpaired) electrons. The van der Waals surface area contributed by atoms with Crippen molar-refractivity contribution in [2.75, 3.05) is 6.61 Å². The third-order valence-electron chi connectivity index (χ3n) is 3.82. The number of aliphatic hydroxyl groups is 4. The molecule has 3 rings (SSSR count). The molecule has 118 valence electrons. The van der Waals surface area contributed by atoms with Crippen molar-refractivity contribution in [2.24, 2.45) is 0 Å². The lowest BCUT2D eigenvalue weighted by molar-refractivity contribution is -0.277. The first-order valence-electron chi connectivity index (χ1n) is 7.06. The summed E-state index contributed by atoms with van der Waals surface area (Å²) in [5, 5.41) is 40.6. The van der Waals surface area contributed by atoms with E-state index in [1.165, 1.54) is 0 Å². The van der Waals surface area contributed by atoms with Crippen LogP contribution in [-0.4, -0.2) is 57.7 Å². The Morgan fingerprint density at radius 1 is 0.909 bits per heavy atom. The Hall–Kier alpha value is -1.70. The summed E-state index contributed by atoms with van der Waals surface area (Å²) < 4.78 is 10.9. The minimum Gasteiger partial charge on any atom is -0.462 e. The molecule has 0 spiro atoms. The van der Waals surface area contributed by atoms with Crippen LogP contribution in [0.25, 0.3) is 10.8 Å². The van der Waals surface area contributed by atoms with E-state index in [0.29, 0.717) is 5.75 Å². The Kier molecular flexibility index (Phi) is 4.28. The number of hydrogen-bond donors (Lipinski definition) is 4. The van der Waals surface area contributed by atoms with Crippen LogP contribution in [0.4, 0.5) is 0 Å². The summed E-state index contributed by atoms with van der Waals surface area (Å²) in [6, 6.07) is 13.1. The molecule has 1 fully saturated rings. The summed E-state index contributed by atoms with van der Waals surface area (Å²) in [7, 11) is 0. The van der Waals surface area contributed by atoms with Crippen molar-refractivity contribution in [1.82, 2.24) is 0 Å². The second-order valence-electron chi connectivity index (χ2n) is 5.32. The van der Waals surface area contributed by atoms with Crippen molar-refractivity contribution >= 4 is 10.8 Å². The molecule has 0 aliphatic carbocycles. The van der Waals surface area contributed by atoms with Crippen LogP contribution in [0.5, 0.6) is 5.75 Å². The zero-order valence-electron chi connectivity index (χ0n) is 11.7. The van der Waals surface area contributed by atoms with Crippen molar-refractivity contribution < 1.29 is 29.9 Å². The van der Waals surface area contributed by atoms with Crippen LogP contribution in [0.1, 0.15) is 0 Å². The van der Waals surface area contributed by atoms with Crippen molar-refractivity contribution in [3.63, 3.8) is 0 Å². The molecule has 1 saturated heterocycles. The number of rotatable bonds is 3. The third-order valence-corrected chi connectivity index (χ3v) is 3.82. The van der Waals surface area contributed by atoms with Crippen molar-refractivity contribution in [3.05, 3.63) is 42.5 Å². The van der Waals surface area contributed by atoms with E-state index in [9.17, 15) is 15.3 Å². The van der Waals surface area contributed by atoms with Crippen molar-refractivity contribution in [2.45, 2.75) is 30.7 Å². The molecule has 2 aromatic rings. The van der Waals surface area contributed by atoms with Gasteiger partial charge in [0.2, 0.25) is 6.29 Å². The van der Waals surface area contributed by atoms with E-state index in [2.05, 4.69) is 0 Å². The highest BCUT2D eigenvalue weighted by atomic mass is 16.7. The Morgan fingerprint density at radius 3 is 2.36 bits per heavy atom. The number of hydrogen-bond acceptors (Lipinski definition) is 6. The number of benzene rings is 2. The van der Waals surface area contributed by atoms with Gasteiger partial charge in [0.15, 0.2) is 0 Å². The first-order chi connectivity index (χ1) is 10.6. The molecular formula is C16H18O6. The van der Waals surface area contributed by atoms with Crippen LogP contribution in [0, 0.1) is 0 Å². The number of ether oxygens (including phenoxy) is 2. The SMILES string of the molecule is OCC1O[C@@H](Oc2ccc3ccccc3c2)C(O)[C@H](O)C1O. The monoisotopic (exact) mass is 306 g/mol. The van der Waals surface area contributed by atoms with Gasteiger partial charge in [0.05, 0.1) is 6.61 Å². The van der Waals surface area contributed by atoms with E-state index in [-0.39, 0.29) is 0 Å². The first kappa shape index (κ1) is 15.2. The van der Waals surface area contributed by atoms with Gasteiger partial charge in [-0.05, 0) is 22.9 Å². The summed E-state index contributed by atoms with van der Waals surface area (Å²) in [5.41, 5.74) is 0. The summed E-state index contributed by atoms with van der Waals surface area (Å²) in [6.07, 6.45) is -6.40. The smallest absolute Gasteiger partial charge is 0.229 e. The quantitative estimate of drug-likeness (QED) is 0.638. The molecule has 3 unspecified atom stereocenters. The van der Waals surface area contributed by atoms with Crippen LogP contribution in [0.3, 0.4) is 0 Å². The normalized spacial score (nSPS) is 32.1. The lowest BCUT2D eigenvalue weighted by atomic mass is 9.99. The molecule has 1 aliphatic heterocycles. The van der Waals surface area contributed by atoms with Crippen LogP contribution < -0.4 is 4.74 Å². The second-order valence-corrected chi connectivity index (χ2v) is 5.32. The molecular weight excluding hydrogens is 288 g/mol. The fourth-order valence-corrected chi connectivity index (χ4v) is 2.54. The molecule has 22 heavy (non-hydrogen) atoms. The predicted octanol–water partition coefficient (Wildman–Crippen LogP) is 0.0185. The van der Waals surface area contributed by atoms with Gasteiger partial charge < -0.3 is 29.9 Å². The van der Waals surface area contributed by atoms with E-state index in [1.807, 2.05) is 30.3 Å². The maximum atomic E-state index is 9.95.